The number of rotatable bonds is 8. The summed E-state index contributed by atoms with van der Waals surface area (Å²) in [5.74, 6) is 0.253. The smallest absolute Gasteiger partial charge is 0.225 e. The largest absolute Gasteiger partial charge is 0.355 e. The van der Waals surface area contributed by atoms with Crippen molar-refractivity contribution < 1.29 is 9.53 Å². The molecule has 0 saturated heterocycles. The average molecular weight is 450 g/mol. The molecule has 0 bridgehead atoms. The van der Waals surface area contributed by atoms with Gasteiger partial charge in [-0.3, -0.25) is 4.79 Å². The second-order valence-electron chi connectivity index (χ2n) is 9.70. The number of ether oxygens (including phenoxy) is 1. The summed E-state index contributed by atoms with van der Waals surface area (Å²) < 4.78 is 6.40. The first kappa shape index (κ1) is 25.5. The lowest BCUT2D eigenvalue weighted by atomic mass is 9.90. The first-order valence-corrected chi connectivity index (χ1v) is 13.2. The molecule has 1 saturated carbocycles. The number of carbonyl (C=O) groups is 1. The van der Waals surface area contributed by atoms with Gasteiger partial charge in [0.25, 0.3) is 0 Å². The third-order valence-electron chi connectivity index (χ3n) is 6.91. The minimum atomic E-state index is -0.738. The predicted octanol–water partition coefficient (Wildman–Crippen LogP) is 7.24. The highest BCUT2D eigenvalue weighted by Crippen LogP contribution is 2.26. The Morgan fingerprint density at radius 1 is 0.758 bits per heavy atom. The number of hydrogen-bond acceptors (Lipinski definition) is 2. The van der Waals surface area contributed by atoms with Crippen molar-refractivity contribution in [2.45, 2.75) is 96.1 Å². The molecule has 2 aromatic rings. The zero-order valence-corrected chi connectivity index (χ0v) is 20.6. The quantitative estimate of drug-likeness (QED) is 0.431. The van der Waals surface area contributed by atoms with Crippen LogP contribution in [-0.4, -0.2) is 18.2 Å². The van der Waals surface area contributed by atoms with Crippen molar-refractivity contribution in [2.24, 2.45) is 5.92 Å². The van der Waals surface area contributed by atoms with Crippen molar-refractivity contribution in [2.75, 3.05) is 6.61 Å². The molecule has 1 fully saturated rings. The van der Waals surface area contributed by atoms with Crippen molar-refractivity contribution in [3.05, 3.63) is 71.8 Å². The molecule has 0 heterocycles. The highest BCUT2D eigenvalue weighted by atomic mass is 16.5. The molecule has 2 aromatic carbocycles. The van der Waals surface area contributed by atoms with Gasteiger partial charge in [-0.1, -0.05) is 118 Å². The van der Waals surface area contributed by atoms with Crippen molar-refractivity contribution >= 4 is 5.91 Å². The van der Waals surface area contributed by atoms with E-state index in [9.17, 15) is 4.79 Å². The van der Waals surface area contributed by atoms with Crippen LogP contribution in [0.1, 0.15) is 88.7 Å². The van der Waals surface area contributed by atoms with Gasteiger partial charge in [-0.2, -0.15) is 0 Å². The van der Waals surface area contributed by atoms with Crippen LogP contribution >= 0.6 is 0 Å². The van der Waals surface area contributed by atoms with E-state index in [0.29, 0.717) is 19.4 Å². The molecule has 3 nitrogen and oxygen atoms in total. The Bertz CT molecular complexity index is 736. The Labute approximate surface area is 201 Å². The Kier molecular flexibility index (Phi) is 11.0. The predicted molar refractivity (Wildman–Crippen MR) is 137 cm³/mol. The summed E-state index contributed by atoms with van der Waals surface area (Å²) >= 11 is 0. The van der Waals surface area contributed by atoms with Crippen molar-refractivity contribution in [3.63, 3.8) is 0 Å². The first-order valence-electron chi connectivity index (χ1n) is 13.2. The van der Waals surface area contributed by atoms with Crippen LogP contribution in [0.2, 0.25) is 0 Å². The molecule has 1 N–H and O–H groups in total. The zero-order valence-electron chi connectivity index (χ0n) is 20.6. The normalized spacial score (nSPS) is 17.0. The van der Waals surface area contributed by atoms with Gasteiger partial charge >= 0.3 is 0 Å². The van der Waals surface area contributed by atoms with E-state index >= 15 is 0 Å². The fraction of sp³-hybridized carbons (Fsp3) is 0.567. The number of benzene rings is 2. The minimum Gasteiger partial charge on any atom is -0.355 e. The van der Waals surface area contributed by atoms with Crippen LogP contribution < -0.4 is 5.32 Å². The van der Waals surface area contributed by atoms with E-state index in [1.165, 1.54) is 56.1 Å². The van der Waals surface area contributed by atoms with Crippen LogP contribution in [0.15, 0.2) is 60.7 Å². The van der Waals surface area contributed by atoms with E-state index in [4.69, 9.17) is 4.74 Å². The SMILES string of the molecule is CCOC(Cc1ccccc1)(Cc1ccccc1)NC(=O)C1CCCCCCCCCCC1. The summed E-state index contributed by atoms with van der Waals surface area (Å²) in [6.07, 6.45) is 14.8. The van der Waals surface area contributed by atoms with Crippen molar-refractivity contribution in [3.8, 4) is 0 Å². The zero-order chi connectivity index (χ0) is 23.2. The number of nitrogens with one attached hydrogen (secondary N) is 1. The Morgan fingerprint density at radius 2 is 1.18 bits per heavy atom. The molecule has 1 amide bonds. The second-order valence-corrected chi connectivity index (χ2v) is 9.70. The maximum Gasteiger partial charge on any atom is 0.225 e. The summed E-state index contributed by atoms with van der Waals surface area (Å²) in [5.41, 5.74) is 1.62. The van der Waals surface area contributed by atoms with E-state index in [1.54, 1.807) is 0 Å². The van der Waals surface area contributed by atoms with Crippen molar-refractivity contribution in [1.29, 1.82) is 0 Å². The third kappa shape index (κ3) is 8.97. The monoisotopic (exact) mass is 449 g/mol. The highest BCUT2D eigenvalue weighted by Gasteiger charge is 2.35. The maximum absolute atomic E-state index is 13.7. The lowest BCUT2D eigenvalue weighted by Gasteiger charge is -2.36. The summed E-state index contributed by atoms with van der Waals surface area (Å²) in [6, 6.07) is 20.8. The molecule has 3 rings (SSSR count). The Hall–Kier alpha value is -2.13. The molecule has 1 aliphatic rings. The van der Waals surface area contributed by atoms with Crippen molar-refractivity contribution in [1.82, 2.24) is 5.32 Å². The summed E-state index contributed by atoms with van der Waals surface area (Å²) in [6.45, 7) is 2.58. The van der Waals surface area contributed by atoms with Gasteiger partial charge in [0.1, 0.15) is 5.72 Å². The van der Waals surface area contributed by atoms with Crippen LogP contribution in [0.3, 0.4) is 0 Å². The summed E-state index contributed by atoms with van der Waals surface area (Å²) in [7, 11) is 0. The van der Waals surface area contributed by atoms with E-state index < -0.39 is 5.72 Å². The Balaban J connectivity index is 1.78. The van der Waals surface area contributed by atoms with Gasteiger partial charge in [-0.15, -0.1) is 0 Å². The first-order chi connectivity index (χ1) is 16.2. The van der Waals surface area contributed by atoms with Crippen LogP contribution in [0.5, 0.6) is 0 Å². The lowest BCUT2D eigenvalue weighted by Crippen LogP contribution is -2.55. The molecular formula is C30H43NO2. The van der Waals surface area contributed by atoms with Gasteiger partial charge in [-0.25, -0.2) is 0 Å². The Morgan fingerprint density at radius 3 is 1.61 bits per heavy atom. The van der Waals surface area contributed by atoms with Crippen LogP contribution in [-0.2, 0) is 22.4 Å². The average Bonchev–Trinajstić information content (AvgIpc) is 2.81. The third-order valence-corrected chi connectivity index (χ3v) is 6.91. The van der Waals surface area contributed by atoms with E-state index in [1.807, 2.05) is 19.1 Å². The second kappa shape index (κ2) is 14.2. The van der Waals surface area contributed by atoms with Gasteiger partial charge in [-0.05, 0) is 30.9 Å². The molecule has 3 heteroatoms. The number of amides is 1. The molecule has 33 heavy (non-hydrogen) atoms. The van der Waals surface area contributed by atoms with E-state index in [0.717, 1.165) is 25.7 Å². The van der Waals surface area contributed by atoms with E-state index in [-0.39, 0.29) is 11.8 Å². The summed E-state index contributed by atoms with van der Waals surface area (Å²) in [4.78, 5) is 13.7. The number of hydrogen-bond donors (Lipinski definition) is 1. The topological polar surface area (TPSA) is 38.3 Å². The molecular weight excluding hydrogens is 406 g/mol. The molecule has 0 atom stereocenters. The highest BCUT2D eigenvalue weighted by molar-refractivity contribution is 5.79. The minimum absolute atomic E-state index is 0.0794. The van der Waals surface area contributed by atoms with Gasteiger partial charge in [0.2, 0.25) is 5.91 Å². The van der Waals surface area contributed by atoms with Crippen LogP contribution in [0, 0.1) is 5.92 Å². The fourth-order valence-electron chi connectivity index (χ4n) is 5.17. The van der Waals surface area contributed by atoms with Gasteiger partial charge in [0, 0.05) is 25.4 Å². The van der Waals surface area contributed by atoms with Gasteiger partial charge in [0.15, 0.2) is 0 Å². The van der Waals surface area contributed by atoms with Gasteiger partial charge in [0.05, 0.1) is 0 Å². The molecule has 0 aromatic heterocycles. The molecule has 180 valence electrons. The molecule has 0 aliphatic heterocycles. The fourth-order valence-corrected chi connectivity index (χ4v) is 5.17. The standard InChI is InChI=1S/C30H43NO2/c1-2-33-30(24-26-18-12-10-13-19-26,25-27-20-14-11-15-21-27)31-29(32)28-22-16-8-6-4-3-5-7-9-17-23-28/h10-15,18-21,28H,2-9,16-17,22-25H2,1H3,(H,31,32). The molecule has 0 unspecified atom stereocenters. The maximum atomic E-state index is 13.7. The molecule has 0 radical (unpaired) electrons. The molecule has 1 aliphatic carbocycles. The van der Waals surface area contributed by atoms with E-state index in [2.05, 4.69) is 53.8 Å². The molecule has 0 spiro atoms. The summed E-state index contributed by atoms with van der Waals surface area (Å²) in [5, 5.41) is 3.45. The van der Waals surface area contributed by atoms with Crippen LogP contribution in [0.4, 0.5) is 0 Å². The lowest BCUT2D eigenvalue weighted by molar-refractivity contribution is -0.138. The van der Waals surface area contributed by atoms with Crippen LogP contribution in [0.25, 0.3) is 0 Å². The number of carbonyl (C=O) groups excluding carboxylic acids is 1. The van der Waals surface area contributed by atoms with Gasteiger partial charge < -0.3 is 10.1 Å².